The summed E-state index contributed by atoms with van der Waals surface area (Å²) in [5.74, 6) is -0.227. The maximum Gasteiger partial charge on any atom is 0.0134 e. The molecule has 51 valence electrons. The summed E-state index contributed by atoms with van der Waals surface area (Å²) in [6.45, 7) is 9.74. The average molecular weight is 202 g/mol. The van der Waals surface area contributed by atoms with E-state index in [9.17, 15) is 4.79 Å². The van der Waals surface area contributed by atoms with E-state index in [4.69, 9.17) is 12.3 Å². The zero-order valence-electron chi connectivity index (χ0n) is 5.63. The first kappa shape index (κ1) is 16.2. The van der Waals surface area contributed by atoms with Crippen molar-refractivity contribution in [2.75, 3.05) is 6.54 Å². The molecule has 0 bridgehead atoms. The molecule has 0 aliphatic heterocycles. The summed E-state index contributed by atoms with van der Waals surface area (Å²) in [7, 11) is 0. The smallest absolute Gasteiger partial charge is 0.0134 e. The number of hydrogen-bond acceptors (Lipinski definition) is 2. The van der Waals surface area contributed by atoms with E-state index in [0.717, 1.165) is 6.08 Å². The summed E-state index contributed by atoms with van der Waals surface area (Å²) in [5, 5.41) is 0. The molecule has 0 aromatic rings. The van der Waals surface area contributed by atoms with Crippen molar-refractivity contribution in [3.8, 4) is 0 Å². The third-order valence-electron chi connectivity index (χ3n) is 0.387. The normalized spacial score (nSPS) is 5.67. The summed E-state index contributed by atoms with van der Waals surface area (Å²) in [6, 6.07) is 0. The minimum atomic E-state index is -0.227. The van der Waals surface area contributed by atoms with Gasteiger partial charge in [-0.1, -0.05) is 0 Å². The molecule has 0 heterocycles. The van der Waals surface area contributed by atoms with Crippen LogP contribution in [0.25, 0.3) is 0 Å². The quantitative estimate of drug-likeness (QED) is 0.518. The van der Waals surface area contributed by atoms with Crippen LogP contribution in [0.15, 0.2) is 6.08 Å². The molecule has 0 aromatic heterocycles. The van der Waals surface area contributed by atoms with Gasteiger partial charge in [0.1, 0.15) is 0 Å². The molecular formula is C6H11NOY-2. The molecule has 0 fully saturated rings. The largest absolute Gasteiger partial charge is 0.405 e. The molecule has 0 aliphatic carbocycles. The molecule has 0 aromatic carbocycles. The SMILES string of the molecule is [CH-]=CC(=O)CN.[CH2-]C.[Y]. The molecule has 2 N–H and O–H groups in total. The van der Waals surface area contributed by atoms with Crippen LogP contribution in [0.4, 0.5) is 0 Å². The van der Waals surface area contributed by atoms with Crippen molar-refractivity contribution in [3.63, 3.8) is 0 Å². The van der Waals surface area contributed by atoms with E-state index in [0.29, 0.717) is 0 Å². The van der Waals surface area contributed by atoms with Crippen molar-refractivity contribution in [3.05, 3.63) is 19.6 Å². The minimum Gasteiger partial charge on any atom is -0.405 e. The first-order valence-corrected chi connectivity index (χ1v) is 2.30. The summed E-state index contributed by atoms with van der Waals surface area (Å²) >= 11 is 0. The van der Waals surface area contributed by atoms with Gasteiger partial charge in [-0.2, -0.15) is 13.0 Å². The van der Waals surface area contributed by atoms with Crippen LogP contribution in [0.5, 0.6) is 0 Å². The second kappa shape index (κ2) is 15.8. The van der Waals surface area contributed by atoms with Crippen LogP contribution in [0.3, 0.4) is 0 Å². The maximum atomic E-state index is 9.88. The van der Waals surface area contributed by atoms with Gasteiger partial charge >= 0.3 is 0 Å². The Morgan fingerprint density at radius 1 is 1.78 bits per heavy atom. The number of hydrogen-bond donors (Lipinski definition) is 1. The Bertz CT molecular complexity index is 73.5. The molecule has 0 amide bonds. The first-order chi connectivity index (χ1) is 3.81. The van der Waals surface area contributed by atoms with E-state index < -0.39 is 0 Å². The van der Waals surface area contributed by atoms with Gasteiger partial charge in [-0.3, -0.25) is 6.58 Å². The Labute approximate surface area is 81.8 Å². The van der Waals surface area contributed by atoms with E-state index in [1.165, 1.54) is 0 Å². The van der Waals surface area contributed by atoms with Crippen LogP contribution < -0.4 is 5.73 Å². The second-order valence-corrected chi connectivity index (χ2v) is 0.837. The Kier molecular flexibility index (Phi) is 28.5. The Morgan fingerprint density at radius 2 is 2.11 bits per heavy atom. The van der Waals surface area contributed by atoms with Crippen molar-refractivity contribution in [2.24, 2.45) is 5.73 Å². The third kappa shape index (κ3) is 17.7. The van der Waals surface area contributed by atoms with Gasteiger partial charge < -0.3 is 17.5 Å². The monoisotopic (exact) mass is 202 g/mol. The van der Waals surface area contributed by atoms with Crippen molar-refractivity contribution < 1.29 is 37.5 Å². The predicted octanol–water partition coefficient (Wildman–Crippen LogP) is 0.341. The maximum absolute atomic E-state index is 9.88. The van der Waals surface area contributed by atoms with E-state index in [1.54, 1.807) is 6.92 Å². The fraction of sp³-hybridized carbons (Fsp3) is 0.333. The van der Waals surface area contributed by atoms with Crippen LogP contribution in [0, 0.1) is 13.5 Å². The van der Waals surface area contributed by atoms with Gasteiger partial charge in [-0.15, -0.1) is 0 Å². The molecule has 2 nitrogen and oxygen atoms in total. The number of rotatable bonds is 2. The van der Waals surface area contributed by atoms with Crippen LogP contribution in [0.1, 0.15) is 6.92 Å². The number of ketones is 1. The average Bonchev–Trinajstić information content (AvgIpc) is 1.91. The number of carbonyl (C=O) groups is 1. The molecule has 0 saturated heterocycles. The van der Waals surface area contributed by atoms with Gasteiger partial charge in [-0.25, -0.2) is 0 Å². The molecule has 0 rings (SSSR count). The van der Waals surface area contributed by atoms with Crippen molar-refractivity contribution in [1.29, 1.82) is 0 Å². The molecule has 9 heavy (non-hydrogen) atoms. The number of nitrogens with two attached hydrogens (primary N) is 1. The fourth-order valence-electron chi connectivity index (χ4n) is 0.0680. The molecule has 0 aliphatic rings. The topological polar surface area (TPSA) is 43.1 Å². The van der Waals surface area contributed by atoms with Crippen molar-refractivity contribution in [1.82, 2.24) is 0 Å². The Balaban J connectivity index is -0.000000109. The van der Waals surface area contributed by atoms with Gasteiger partial charge in [0, 0.05) is 38.5 Å². The van der Waals surface area contributed by atoms with E-state index in [-0.39, 0.29) is 45.0 Å². The van der Waals surface area contributed by atoms with Gasteiger partial charge in [-0.05, 0) is 6.54 Å². The van der Waals surface area contributed by atoms with E-state index >= 15 is 0 Å². The van der Waals surface area contributed by atoms with E-state index in [2.05, 4.69) is 6.92 Å². The predicted molar refractivity (Wildman–Crippen MR) is 34.0 cm³/mol. The van der Waals surface area contributed by atoms with Gasteiger partial charge in [0.05, 0.1) is 0 Å². The fourth-order valence-corrected chi connectivity index (χ4v) is 0.0680. The second-order valence-electron chi connectivity index (χ2n) is 0.837. The zero-order valence-corrected chi connectivity index (χ0v) is 8.47. The van der Waals surface area contributed by atoms with Crippen LogP contribution in [-0.2, 0) is 37.5 Å². The minimum absolute atomic E-state index is 0. The summed E-state index contributed by atoms with van der Waals surface area (Å²) in [6.07, 6.45) is 0.958. The zero-order chi connectivity index (χ0) is 6.99. The standard InChI is InChI=1S/C4H6NO.C2H5.Y/c1-2-4(6)3-5;1-2;/h1-2H,3,5H2;1H2,2H3;/q2*-1;. The Morgan fingerprint density at radius 3 is 2.11 bits per heavy atom. The molecule has 0 atom stereocenters. The van der Waals surface area contributed by atoms with Crippen LogP contribution in [0.2, 0.25) is 0 Å². The van der Waals surface area contributed by atoms with Gasteiger partial charge in [0.15, 0.2) is 0 Å². The summed E-state index contributed by atoms with van der Waals surface area (Å²) in [4.78, 5) is 9.88. The van der Waals surface area contributed by atoms with Gasteiger partial charge in [0.25, 0.3) is 0 Å². The molecule has 0 spiro atoms. The summed E-state index contributed by atoms with van der Waals surface area (Å²) < 4.78 is 0. The Hall–Kier alpha value is 0.474. The van der Waals surface area contributed by atoms with Crippen LogP contribution >= 0.6 is 0 Å². The molecule has 0 saturated carbocycles. The molecule has 1 radical (unpaired) electrons. The first-order valence-electron chi connectivity index (χ1n) is 2.30. The van der Waals surface area contributed by atoms with Gasteiger partial charge in [0.2, 0.25) is 0 Å². The molecular weight excluding hydrogens is 191 g/mol. The van der Waals surface area contributed by atoms with Crippen molar-refractivity contribution in [2.45, 2.75) is 6.92 Å². The third-order valence-corrected chi connectivity index (χ3v) is 0.387. The number of carbonyl (C=O) groups excluding carboxylic acids is 1. The summed E-state index contributed by atoms with van der Waals surface area (Å²) in [5.41, 5.74) is 4.82. The van der Waals surface area contributed by atoms with Crippen LogP contribution in [-0.4, -0.2) is 12.3 Å². The molecule has 3 heteroatoms. The molecule has 0 unspecified atom stereocenters. The van der Waals surface area contributed by atoms with E-state index in [1.807, 2.05) is 0 Å². The van der Waals surface area contributed by atoms with Crippen molar-refractivity contribution >= 4 is 5.78 Å².